The molecule has 0 radical (unpaired) electrons. The highest BCUT2D eigenvalue weighted by atomic mass is 16.3. The second kappa shape index (κ2) is 10.1. The van der Waals surface area contributed by atoms with Crippen molar-refractivity contribution in [2.75, 3.05) is 7.05 Å². The van der Waals surface area contributed by atoms with Crippen molar-refractivity contribution >= 4 is 5.78 Å². The lowest BCUT2D eigenvalue weighted by molar-refractivity contribution is 0.0970. The summed E-state index contributed by atoms with van der Waals surface area (Å²) in [5.74, 6) is 1.03. The van der Waals surface area contributed by atoms with Crippen LogP contribution in [0.3, 0.4) is 0 Å². The SMILES string of the molecule is CCC(CC)CCn1ccn(CC(=O)c2cc(C(C)(C)C)c(O)c(C(C)(C)C)c2)c1=NC. The van der Waals surface area contributed by atoms with Crippen molar-refractivity contribution in [1.82, 2.24) is 9.13 Å². The summed E-state index contributed by atoms with van der Waals surface area (Å²) in [5.41, 5.74) is 2.53. The number of carbonyl (C=O) groups is 1. The molecule has 5 nitrogen and oxygen atoms in total. The Kier molecular flexibility index (Phi) is 8.19. The van der Waals surface area contributed by atoms with E-state index in [0.717, 1.165) is 29.7 Å². The van der Waals surface area contributed by atoms with E-state index in [-0.39, 0.29) is 23.2 Å². The van der Waals surface area contributed by atoms with E-state index < -0.39 is 0 Å². The minimum atomic E-state index is -0.268. The number of imidazole rings is 1. The highest BCUT2D eigenvalue weighted by Crippen LogP contribution is 2.39. The van der Waals surface area contributed by atoms with Gasteiger partial charge in [0, 0.05) is 42.7 Å². The normalized spacial score (nSPS) is 13.2. The van der Waals surface area contributed by atoms with Gasteiger partial charge < -0.3 is 14.2 Å². The van der Waals surface area contributed by atoms with E-state index in [4.69, 9.17) is 0 Å². The number of phenolic OH excluding ortho intramolecular Hbond substituents is 1. The number of Topliss-reactive ketones (excluding diaryl/α,β-unsaturated/α-hetero) is 1. The zero-order chi connectivity index (χ0) is 24.3. The number of nitrogens with zero attached hydrogens (tertiary/aromatic N) is 3. The quantitative estimate of drug-likeness (QED) is 0.524. The maximum Gasteiger partial charge on any atom is 0.205 e. The van der Waals surface area contributed by atoms with Gasteiger partial charge in [-0.3, -0.25) is 9.79 Å². The summed E-state index contributed by atoms with van der Waals surface area (Å²) in [6.45, 7) is 18.0. The first-order chi connectivity index (χ1) is 14.8. The molecule has 0 amide bonds. The smallest absolute Gasteiger partial charge is 0.205 e. The standard InChI is InChI=1S/C27H43N3O2/c1-10-19(11-2)12-13-29-14-15-30(25(29)28-9)18-23(31)20-16-21(26(3,4)5)24(32)22(17-20)27(6,7)8/h14-17,19,32H,10-13,18H2,1-9H3. The van der Waals surface area contributed by atoms with Gasteiger partial charge in [0.25, 0.3) is 0 Å². The first-order valence-electron chi connectivity index (χ1n) is 11.9. The van der Waals surface area contributed by atoms with Gasteiger partial charge in [0.2, 0.25) is 5.62 Å². The molecule has 0 unspecified atom stereocenters. The van der Waals surface area contributed by atoms with E-state index in [0.29, 0.717) is 17.2 Å². The van der Waals surface area contributed by atoms with Gasteiger partial charge in [0.15, 0.2) is 5.78 Å². The topological polar surface area (TPSA) is 59.5 Å². The first-order valence-corrected chi connectivity index (χ1v) is 11.9. The van der Waals surface area contributed by atoms with Crippen molar-refractivity contribution in [1.29, 1.82) is 0 Å². The first kappa shape index (κ1) is 26.0. The molecule has 0 aliphatic heterocycles. The van der Waals surface area contributed by atoms with Crippen LogP contribution in [0.1, 0.15) is 96.1 Å². The fraction of sp³-hybridized carbons (Fsp3) is 0.630. The van der Waals surface area contributed by atoms with Gasteiger partial charge in [0.1, 0.15) is 5.75 Å². The number of carbonyl (C=O) groups excluding carboxylic acids is 1. The monoisotopic (exact) mass is 441 g/mol. The van der Waals surface area contributed by atoms with Crippen molar-refractivity contribution in [3.63, 3.8) is 0 Å². The zero-order valence-corrected chi connectivity index (χ0v) is 21.6. The van der Waals surface area contributed by atoms with E-state index in [1.807, 2.05) is 29.1 Å². The van der Waals surface area contributed by atoms with E-state index in [9.17, 15) is 9.90 Å². The second-order valence-corrected chi connectivity index (χ2v) is 11.0. The molecule has 0 bridgehead atoms. The Morgan fingerprint density at radius 2 is 1.47 bits per heavy atom. The van der Waals surface area contributed by atoms with E-state index in [1.54, 1.807) is 7.05 Å². The molecule has 0 aliphatic rings. The van der Waals surface area contributed by atoms with Crippen molar-refractivity contribution in [3.05, 3.63) is 46.8 Å². The third-order valence-electron chi connectivity index (χ3n) is 6.44. The predicted molar refractivity (Wildman–Crippen MR) is 132 cm³/mol. The Bertz CT molecular complexity index is 958. The third-order valence-corrected chi connectivity index (χ3v) is 6.44. The number of hydrogen-bond acceptors (Lipinski definition) is 3. The molecule has 32 heavy (non-hydrogen) atoms. The van der Waals surface area contributed by atoms with E-state index in [1.165, 1.54) is 12.8 Å². The summed E-state index contributed by atoms with van der Waals surface area (Å²) < 4.78 is 4.07. The predicted octanol–water partition coefficient (Wildman–Crippen LogP) is 5.83. The minimum Gasteiger partial charge on any atom is -0.507 e. The van der Waals surface area contributed by atoms with Crippen molar-refractivity contribution < 1.29 is 9.90 Å². The van der Waals surface area contributed by atoms with Crippen molar-refractivity contribution in [3.8, 4) is 5.75 Å². The van der Waals surface area contributed by atoms with Crippen molar-refractivity contribution in [2.24, 2.45) is 10.9 Å². The van der Waals surface area contributed by atoms with Crippen LogP contribution in [0.4, 0.5) is 0 Å². The molecule has 2 rings (SSSR count). The molecule has 0 aliphatic carbocycles. The Labute approximate surface area is 194 Å². The molecular weight excluding hydrogens is 398 g/mol. The van der Waals surface area contributed by atoms with Crippen LogP contribution in [0.2, 0.25) is 0 Å². The summed E-state index contributed by atoms with van der Waals surface area (Å²) in [7, 11) is 1.78. The minimum absolute atomic E-state index is 0.0219. The lowest BCUT2D eigenvalue weighted by Crippen LogP contribution is -2.29. The molecule has 178 valence electrons. The molecular formula is C27H43N3O2. The number of ketones is 1. The number of aromatic hydroxyl groups is 1. The Balaban J connectivity index is 2.39. The molecule has 2 aromatic rings. The van der Waals surface area contributed by atoms with Gasteiger partial charge in [-0.1, -0.05) is 68.2 Å². The van der Waals surface area contributed by atoms with Crippen LogP contribution in [0.25, 0.3) is 0 Å². The maximum absolute atomic E-state index is 13.4. The molecule has 1 aromatic carbocycles. The molecule has 5 heteroatoms. The number of phenols is 1. The Hall–Kier alpha value is -2.30. The summed E-state index contributed by atoms with van der Waals surface area (Å²) in [5, 5.41) is 11.0. The van der Waals surface area contributed by atoms with Gasteiger partial charge in [-0.15, -0.1) is 0 Å². The Morgan fingerprint density at radius 3 is 1.91 bits per heavy atom. The molecule has 0 saturated carbocycles. The van der Waals surface area contributed by atoms with Gasteiger partial charge >= 0.3 is 0 Å². The van der Waals surface area contributed by atoms with E-state index >= 15 is 0 Å². The molecule has 0 saturated heterocycles. The zero-order valence-electron chi connectivity index (χ0n) is 21.6. The number of aromatic nitrogens is 2. The highest BCUT2D eigenvalue weighted by Gasteiger charge is 2.28. The summed E-state index contributed by atoms with van der Waals surface area (Å²) in [6, 6.07) is 3.72. The molecule has 1 aromatic heterocycles. The fourth-order valence-corrected chi connectivity index (χ4v) is 4.22. The van der Waals surface area contributed by atoms with Crippen LogP contribution in [0.5, 0.6) is 5.75 Å². The average Bonchev–Trinajstić information content (AvgIpc) is 3.08. The number of benzene rings is 1. The van der Waals surface area contributed by atoms with Crippen LogP contribution < -0.4 is 5.62 Å². The lowest BCUT2D eigenvalue weighted by Gasteiger charge is -2.28. The summed E-state index contributed by atoms with van der Waals surface area (Å²) in [6.07, 6.45) is 7.45. The second-order valence-electron chi connectivity index (χ2n) is 11.0. The molecule has 0 spiro atoms. The lowest BCUT2D eigenvalue weighted by atomic mass is 9.78. The van der Waals surface area contributed by atoms with Crippen LogP contribution in [0, 0.1) is 5.92 Å². The number of aryl methyl sites for hydroxylation is 1. The van der Waals surface area contributed by atoms with Crippen LogP contribution in [-0.2, 0) is 23.9 Å². The number of rotatable bonds is 8. The van der Waals surface area contributed by atoms with Crippen molar-refractivity contribution in [2.45, 2.75) is 98.6 Å². The fourth-order valence-electron chi connectivity index (χ4n) is 4.22. The average molecular weight is 442 g/mol. The van der Waals surface area contributed by atoms with Gasteiger partial charge in [0.05, 0.1) is 6.54 Å². The van der Waals surface area contributed by atoms with Gasteiger partial charge in [-0.25, -0.2) is 0 Å². The van der Waals surface area contributed by atoms with Gasteiger partial charge in [-0.2, -0.15) is 0 Å². The molecule has 1 heterocycles. The van der Waals surface area contributed by atoms with Crippen LogP contribution in [-0.4, -0.2) is 27.1 Å². The molecule has 0 atom stereocenters. The molecule has 0 fully saturated rings. The molecule has 1 N–H and O–H groups in total. The van der Waals surface area contributed by atoms with Crippen LogP contribution in [0.15, 0.2) is 29.5 Å². The van der Waals surface area contributed by atoms with Gasteiger partial charge in [-0.05, 0) is 35.3 Å². The maximum atomic E-state index is 13.4. The van der Waals surface area contributed by atoms with E-state index in [2.05, 4.69) is 64.9 Å². The largest absolute Gasteiger partial charge is 0.507 e. The number of hydrogen-bond donors (Lipinski definition) is 1. The van der Waals surface area contributed by atoms with Crippen LogP contribution >= 0.6 is 0 Å². The summed E-state index contributed by atoms with van der Waals surface area (Å²) in [4.78, 5) is 17.8. The Morgan fingerprint density at radius 1 is 0.969 bits per heavy atom. The summed E-state index contributed by atoms with van der Waals surface area (Å²) >= 11 is 0. The third kappa shape index (κ3) is 5.93. The highest BCUT2D eigenvalue weighted by molar-refractivity contribution is 5.96.